The monoisotopic (exact) mass is 652 g/mol. The lowest BCUT2D eigenvalue weighted by atomic mass is 9.85. The number of hydrogen-bond acceptors (Lipinski definition) is 2. The van der Waals surface area contributed by atoms with Crippen LogP contribution in [0.25, 0.3) is 49.7 Å². The Morgan fingerprint density at radius 1 is 0.460 bits per heavy atom. The van der Waals surface area contributed by atoms with E-state index in [-0.39, 0.29) is 22.6 Å². The average Bonchev–Trinajstić information content (AvgIpc) is 3.57. The number of hydrogen-bond donors (Lipinski definition) is 0. The zero-order valence-electron chi connectivity index (χ0n) is 29.4. The van der Waals surface area contributed by atoms with Gasteiger partial charge in [0.15, 0.2) is 0 Å². The van der Waals surface area contributed by atoms with Gasteiger partial charge < -0.3 is 4.57 Å². The first kappa shape index (κ1) is 31.5. The first-order valence-electron chi connectivity index (χ1n) is 17.3. The van der Waals surface area contributed by atoms with E-state index < -0.39 is 0 Å². The maximum absolute atomic E-state index is 15.0. The van der Waals surface area contributed by atoms with E-state index in [2.05, 4.69) is 82.5 Å². The number of para-hydroxylation sites is 1. The quantitative estimate of drug-likeness (QED) is 0.178. The first-order valence-corrected chi connectivity index (χ1v) is 17.3. The summed E-state index contributed by atoms with van der Waals surface area (Å²) in [6.45, 7) is 13.4. The van der Waals surface area contributed by atoms with Crippen molar-refractivity contribution < 1.29 is 9.59 Å². The SMILES string of the molecule is CC(C)(C)c1ccc2c(c1)c1cc(C(C)(C)C)ccc1n2-c1cccc2c1C(=O)N(c1c(-c3ccccc3)cccc1-c1ccccc1)C2=O. The number of imide groups is 1. The minimum atomic E-state index is -0.325. The summed E-state index contributed by atoms with van der Waals surface area (Å²) >= 11 is 0. The summed E-state index contributed by atoms with van der Waals surface area (Å²) in [7, 11) is 0. The van der Waals surface area contributed by atoms with Crippen molar-refractivity contribution >= 4 is 39.3 Å². The van der Waals surface area contributed by atoms with E-state index in [1.54, 1.807) is 6.07 Å². The standard InChI is InChI=1S/C46H40N2O2/c1-45(2,3)31-23-25-38-36(27-31)37-28-32(46(4,5)6)24-26-39(37)47(38)40-22-14-21-35-41(40)44(50)48(43(35)49)42-33(29-15-9-7-10-16-29)19-13-20-34(42)30-17-11-8-12-18-30/h7-28H,1-6H3. The largest absolute Gasteiger partial charge is 0.308 e. The van der Waals surface area contributed by atoms with Gasteiger partial charge in [0.25, 0.3) is 11.8 Å². The highest BCUT2D eigenvalue weighted by atomic mass is 16.2. The van der Waals surface area contributed by atoms with Gasteiger partial charge in [-0.25, -0.2) is 4.90 Å². The molecule has 1 aliphatic rings. The number of amides is 2. The van der Waals surface area contributed by atoms with E-state index in [4.69, 9.17) is 0 Å². The smallest absolute Gasteiger partial charge is 0.268 e. The maximum atomic E-state index is 15.0. The van der Waals surface area contributed by atoms with Crippen LogP contribution < -0.4 is 4.90 Å². The Kier molecular flexibility index (Phi) is 7.20. The summed E-state index contributed by atoms with van der Waals surface area (Å²) in [5.41, 5.74) is 10.0. The molecule has 0 spiro atoms. The summed E-state index contributed by atoms with van der Waals surface area (Å²) in [4.78, 5) is 31.1. The van der Waals surface area contributed by atoms with E-state index in [9.17, 15) is 4.79 Å². The number of nitrogens with zero attached hydrogens (tertiary/aromatic N) is 2. The molecule has 2 amide bonds. The normalized spacial score (nSPS) is 13.4. The third-order valence-electron chi connectivity index (χ3n) is 10.1. The molecule has 0 atom stereocenters. The molecule has 0 aliphatic carbocycles. The molecule has 0 saturated carbocycles. The van der Waals surface area contributed by atoms with Crippen LogP contribution in [-0.4, -0.2) is 16.4 Å². The number of anilines is 1. The van der Waals surface area contributed by atoms with Gasteiger partial charge in [-0.05, 0) is 69.5 Å². The van der Waals surface area contributed by atoms with E-state index in [0.29, 0.717) is 22.5 Å². The summed E-state index contributed by atoms with van der Waals surface area (Å²) in [5.74, 6) is -0.646. The van der Waals surface area contributed by atoms with Gasteiger partial charge >= 0.3 is 0 Å². The van der Waals surface area contributed by atoms with Crippen molar-refractivity contribution in [3.05, 3.63) is 156 Å². The van der Waals surface area contributed by atoms with Crippen molar-refractivity contribution in [3.8, 4) is 27.9 Å². The van der Waals surface area contributed by atoms with Crippen LogP contribution in [0.5, 0.6) is 0 Å². The summed E-state index contributed by atoms with van der Waals surface area (Å²) in [5, 5.41) is 2.26. The summed E-state index contributed by atoms with van der Waals surface area (Å²) < 4.78 is 2.18. The first-order chi connectivity index (χ1) is 23.9. The number of benzene rings is 6. The lowest BCUT2D eigenvalue weighted by Crippen LogP contribution is -2.30. The van der Waals surface area contributed by atoms with Gasteiger partial charge in [-0.1, -0.05) is 139 Å². The van der Waals surface area contributed by atoms with Gasteiger partial charge in [0.1, 0.15) is 0 Å². The van der Waals surface area contributed by atoms with Crippen LogP contribution in [0.15, 0.2) is 133 Å². The molecule has 0 fully saturated rings. The van der Waals surface area contributed by atoms with Crippen LogP contribution in [0, 0.1) is 0 Å². The van der Waals surface area contributed by atoms with Crippen LogP contribution in [0.2, 0.25) is 0 Å². The average molecular weight is 653 g/mol. The molecule has 50 heavy (non-hydrogen) atoms. The van der Waals surface area contributed by atoms with Gasteiger partial charge in [-0.2, -0.15) is 0 Å². The van der Waals surface area contributed by atoms with Gasteiger partial charge in [0, 0.05) is 21.9 Å². The molecule has 0 radical (unpaired) electrons. The van der Waals surface area contributed by atoms with E-state index >= 15 is 4.79 Å². The van der Waals surface area contributed by atoms with Gasteiger partial charge in [0.05, 0.1) is 33.5 Å². The molecule has 4 nitrogen and oxygen atoms in total. The fourth-order valence-corrected chi connectivity index (χ4v) is 7.36. The Balaban J connectivity index is 1.39. The molecular formula is C46H40N2O2. The Morgan fingerprint density at radius 2 is 0.920 bits per heavy atom. The minimum Gasteiger partial charge on any atom is -0.308 e. The number of fused-ring (bicyclic) bond motifs is 4. The molecule has 246 valence electrons. The third kappa shape index (κ3) is 4.97. The fraction of sp³-hybridized carbons (Fsp3) is 0.174. The highest BCUT2D eigenvalue weighted by Gasteiger charge is 2.41. The third-order valence-corrected chi connectivity index (χ3v) is 10.1. The molecule has 1 aliphatic heterocycles. The zero-order chi connectivity index (χ0) is 34.9. The molecular weight excluding hydrogens is 613 g/mol. The molecule has 1 aromatic heterocycles. The Bertz CT molecular complexity index is 2350. The molecule has 4 heteroatoms. The van der Waals surface area contributed by atoms with Gasteiger partial charge in [0.2, 0.25) is 0 Å². The van der Waals surface area contributed by atoms with Crippen molar-refractivity contribution in [3.63, 3.8) is 0 Å². The molecule has 7 aromatic rings. The fourth-order valence-electron chi connectivity index (χ4n) is 7.36. The highest BCUT2D eigenvalue weighted by molar-refractivity contribution is 6.37. The molecule has 0 saturated heterocycles. The van der Waals surface area contributed by atoms with Gasteiger partial charge in [-0.15, -0.1) is 0 Å². The predicted molar refractivity (Wildman–Crippen MR) is 207 cm³/mol. The van der Waals surface area contributed by atoms with Crippen molar-refractivity contribution in [2.75, 3.05) is 4.90 Å². The Labute approximate surface area is 293 Å². The highest BCUT2D eigenvalue weighted by Crippen LogP contribution is 2.45. The maximum Gasteiger partial charge on any atom is 0.268 e. The number of carbonyl (C=O) groups is 2. The molecule has 0 bridgehead atoms. The van der Waals surface area contributed by atoms with Crippen LogP contribution in [-0.2, 0) is 10.8 Å². The van der Waals surface area contributed by atoms with Crippen molar-refractivity contribution in [1.29, 1.82) is 0 Å². The lowest BCUT2D eigenvalue weighted by Gasteiger charge is -2.23. The minimum absolute atomic E-state index is 0.0380. The van der Waals surface area contributed by atoms with E-state index in [1.807, 2.05) is 91.0 Å². The van der Waals surface area contributed by atoms with E-state index in [1.165, 1.54) is 16.0 Å². The Hall–Kier alpha value is -5.74. The molecule has 8 rings (SSSR count). The summed E-state index contributed by atoms with van der Waals surface area (Å²) in [6.07, 6.45) is 0. The predicted octanol–water partition coefficient (Wildman–Crippen LogP) is 11.5. The van der Waals surface area contributed by atoms with E-state index in [0.717, 1.165) is 44.1 Å². The second kappa shape index (κ2) is 11.4. The van der Waals surface area contributed by atoms with Crippen LogP contribution in [0.4, 0.5) is 5.69 Å². The molecule has 6 aromatic carbocycles. The topological polar surface area (TPSA) is 42.3 Å². The Morgan fingerprint density at radius 3 is 1.40 bits per heavy atom. The van der Waals surface area contributed by atoms with Crippen molar-refractivity contribution in [2.45, 2.75) is 52.4 Å². The second-order valence-electron chi connectivity index (χ2n) is 15.4. The lowest BCUT2D eigenvalue weighted by molar-refractivity contribution is 0.0926. The number of carbonyl (C=O) groups excluding carboxylic acids is 2. The van der Waals surface area contributed by atoms with Crippen LogP contribution >= 0.6 is 0 Å². The van der Waals surface area contributed by atoms with Gasteiger partial charge in [-0.3, -0.25) is 9.59 Å². The number of aromatic nitrogens is 1. The van der Waals surface area contributed by atoms with Crippen molar-refractivity contribution in [2.24, 2.45) is 0 Å². The molecule has 0 N–H and O–H groups in total. The van der Waals surface area contributed by atoms with Crippen LogP contribution in [0.3, 0.4) is 0 Å². The molecule has 0 unspecified atom stereocenters. The molecule has 2 heterocycles. The zero-order valence-corrected chi connectivity index (χ0v) is 29.4. The number of rotatable bonds is 4. The van der Waals surface area contributed by atoms with Crippen molar-refractivity contribution in [1.82, 2.24) is 4.57 Å². The van der Waals surface area contributed by atoms with Crippen LogP contribution in [0.1, 0.15) is 73.4 Å². The second-order valence-corrected chi connectivity index (χ2v) is 15.4. The summed E-state index contributed by atoms with van der Waals surface area (Å²) in [6, 6.07) is 44.9.